The van der Waals surface area contributed by atoms with E-state index in [2.05, 4.69) is 32.4 Å². The second-order valence-corrected chi connectivity index (χ2v) is 6.82. The first-order chi connectivity index (χ1) is 12.0. The van der Waals surface area contributed by atoms with Crippen LogP contribution in [0.4, 0.5) is 15.8 Å². The third-order valence-corrected chi connectivity index (χ3v) is 4.96. The lowest BCUT2D eigenvalue weighted by Gasteiger charge is -2.31. The number of nitriles is 1. The van der Waals surface area contributed by atoms with E-state index in [-0.39, 0.29) is 10.2 Å². The van der Waals surface area contributed by atoms with Gasteiger partial charge in [-0.05, 0) is 40.8 Å². The average Bonchev–Trinajstić information content (AvgIpc) is 2.58. The molecule has 1 saturated heterocycles. The second-order valence-electron chi connectivity index (χ2n) is 5.96. The minimum atomic E-state index is -0.505. The Kier molecular flexibility index (Phi) is 5.11. The number of hydrogen-bond donors (Lipinski definition) is 1. The molecule has 2 aromatic rings. The Hall–Kier alpha value is -2.31. The highest BCUT2D eigenvalue weighted by atomic mass is 79.9. The number of nitrogens with zero attached hydrogens (tertiary/aromatic N) is 4. The second kappa shape index (κ2) is 7.29. The predicted octanol–water partition coefficient (Wildman–Crippen LogP) is 4.00. The fourth-order valence-corrected chi connectivity index (χ4v) is 3.31. The number of fused-ring (bicyclic) bond motifs is 1. The lowest BCUT2D eigenvalue weighted by Crippen LogP contribution is -2.38. The summed E-state index contributed by atoms with van der Waals surface area (Å²) in [6.07, 6.45) is 3.35. The van der Waals surface area contributed by atoms with Crippen molar-refractivity contribution in [1.29, 1.82) is 5.26 Å². The van der Waals surface area contributed by atoms with E-state index in [1.807, 2.05) is 5.01 Å². The Morgan fingerprint density at radius 3 is 2.84 bits per heavy atom. The Morgan fingerprint density at radius 1 is 1.48 bits per heavy atom. The maximum absolute atomic E-state index is 13.7. The minimum Gasteiger partial charge on any atom is -0.312 e. The molecule has 1 N–H and O–H groups in total. The van der Waals surface area contributed by atoms with Crippen LogP contribution in [-0.2, 0) is 0 Å². The summed E-state index contributed by atoms with van der Waals surface area (Å²) in [6, 6.07) is 4.92. The predicted molar refractivity (Wildman–Crippen MR) is 94.2 cm³/mol. The summed E-state index contributed by atoms with van der Waals surface area (Å²) >= 11 is 3.12. The Balaban J connectivity index is 1.94. The molecule has 25 heavy (non-hydrogen) atoms. The van der Waals surface area contributed by atoms with Crippen LogP contribution < -0.4 is 5.43 Å². The topological polar surface area (TPSA) is 95.1 Å². The molecule has 1 aliphatic heterocycles. The number of piperidine rings is 1. The van der Waals surface area contributed by atoms with Crippen molar-refractivity contribution in [1.82, 2.24) is 9.99 Å². The van der Waals surface area contributed by atoms with Gasteiger partial charge in [0.25, 0.3) is 0 Å². The number of nitrogens with one attached hydrogen (secondary N) is 1. The lowest BCUT2D eigenvalue weighted by molar-refractivity contribution is -0.384. The van der Waals surface area contributed by atoms with E-state index in [0.717, 1.165) is 19.0 Å². The first-order valence-electron chi connectivity index (χ1n) is 7.80. The quantitative estimate of drug-likeness (QED) is 0.607. The van der Waals surface area contributed by atoms with Crippen LogP contribution in [0, 0.1) is 33.2 Å². The number of rotatable bonds is 4. The molecule has 1 aromatic carbocycles. The molecule has 1 aliphatic rings. The van der Waals surface area contributed by atoms with E-state index in [0.29, 0.717) is 42.0 Å². The monoisotopic (exact) mass is 407 g/mol. The first-order valence-corrected chi connectivity index (χ1v) is 8.59. The summed E-state index contributed by atoms with van der Waals surface area (Å²) in [5, 5.41) is 22.5. The normalized spacial score (nSPS) is 15.9. The molecule has 9 heteroatoms. The fraction of sp³-hybridized carbons (Fsp3) is 0.375. The maximum atomic E-state index is 13.7. The largest absolute Gasteiger partial charge is 0.312 e. The van der Waals surface area contributed by atoms with Crippen molar-refractivity contribution >= 4 is 38.2 Å². The summed E-state index contributed by atoms with van der Waals surface area (Å²) in [6.45, 7) is 1.35. The van der Waals surface area contributed by atoms with E-state index in [9.17, 15) is 14.5 Å². The van der Waals surface area contributed by atoms with E-state index < -0.39 is 10.7 Å². The average molecular weight is 408 g/mol. The van der Waals surface area contributed by atoms with E-state index in [1.165, 1.54) is 12.1 Å². The Morgan fingerprint density at radius 2 is 2.20 bits per heavy atom. The number of benzene rings is 1. The maximum Gasteiger partial charge on any atom is 0.312 e. The molecule has 2 heterocycles. The molecule has 0 aliphatic carbocycles. The van der Waals surface area contributed by atoms with Crippen molar-refractivity contribution < 1.29 is 9.31 Å². The Labute approximate surface area is 151 Å². The van der Waals surface area contributed by atoms with Gasteiger partial charge in [0.1, 0.15) is 17.7 Å². The van der Waals surface area contributed by atoms with E-state index in [4.69, 9.17) is 5.26 Å². The highest BCUT2D eigenvalue weighted by Gasteiger charge is 2.24. The van der Waals surface area contributed by atoms with Gasteiger partial charge in [0.15, 0.2) is 0 Å². The third-order valence-electron chi connectivity index (χ3n) is 4.35. The van der Waals surface area contributed by atoms with Crippen LogP contribution in [0.15, 0.2) is 22.8 Å². The van der Waals surface area contributed by atoms with Crippen LogP contribution >= 0.6 is 15.9 Å². The number of hydrazine groups is 1. The molecule has 0 amide bonds. The molecular weight excluding hydrogens is 393 g/mol. The summed E-state index contributed by atoms with van der Waals surface area (Å²) < 4.78 is 14.0. The van der Waals surface area contributed by atoms with Gasteiger partial charge >= 0.3 is 5.69 Å². The molecule has 7 nitrogen and oxygen atoms in total. The number of pyridine rings is 1. The van der Waals surface area contributed by atoms with Crippen LogP contribution in [0.3, 0.4) is 0 Å². The van der Waals surface area contributed by atoms with Crippen LogP contribution in [0.2, 0.25) is 0 Å². The van der Waals surface area contributed by atoms with Gasteiger partial charge in [0.05, 0.1) is 21.0 Å². The SMILES string of the molecule is N#CCC1CCN(Nc2c([N+](=O)[O-])cnc3cc(F)c(Br)cc23)CC1. The fourth-order valence-electron chi connectivity index (χ4n) is 2.97. The third kappa shape index (κ3) is 3.70. The molecule has 0 unspecified atom stereocenters. The van der Waals surface area contributed by atoms with Gasteiger partial charge in [-0.1, -0.05) is 0 Å². The van der Waals surface area contributed by atoms with Gasteiger partial charge in [-0.2, -0.15) is 5.26 Å². The highest BCUT2D eigenvalue weighted by molar-refractivity contribution is 9.10. The van der Waals surface area contributed by atoms with Gasteiger partial charge in [-0.25, -0.2) is 14.4 Å². The number of anilines is 1. The summed E-state index contributed by atoms with van der Waals surface area (Å²) in [5.41, 5.74) is 3.59. The molecule has 0 bridgehead atoms. The van der Waals surface area contributed by atoms with E-state index in [1.54, 1.807) is 0 Å². The van der Waals surface area contributed by atoms with Crippen molar-refractivity contribution in [2.24, 2.45) is 5.92 Å². The zero-order valence-corrected chi connectivity index (χ0v) is 14.8. The minimum absolute atomic E-state index is 0.162. The van der Waals surface area contributed by atoms with Gasteiger partial charge in [-0.15, -0.1) is 0 Å². The van der Waals surface area contributed by atoms with Crippen molar-refractivity contribution in [3.8, 4) is 6.07 Å². The van der Waals surface area contributed by atoms with Crippen molar-refractivity contribution in [2.75, 3.05) is 18.5 Å². The molecule has 0 spiro atoms. The lowest BCUT2D eigenvalue weighted by atomic mass is 9.95. The number of hydrogen-bond acceptors (Lipinski definition) is 6. The number of nitro groups is 1. The smallest absolute Gasteiger partial charge is 0.312 e. The molecule has 1 aromatic heterocycles. The van der Waals surface area contributed by atoms with Crippen LogP contribution in [0.1, 0.15) is 19.3 Å². The van der Waals surface area contributed by atoms with Gasteiger partial charge in [0, 0.05) is 31.0 Å². The molecule has 0 radical (unpaired) electrons. The molecule has 0 atom stereocenters. The van der Waals surface area contributed by atoms with Gasteiger partial charge < -0.3 is 5.43 Å². The van der Waals surface area contributed by atoms with Crippen LogP contribution in [-0.4, -0.2) is 28.0 Å². The van der Waals surface area contributed by atoms with Crippen LogP contribution in [0.5, 0.6) is 0 Å². The Bertz CT molecular complexity index is 862. The molecule has 130 valence electrons. The molecular formula is C16H15BrFN5O2. The highest BCUT2D eigenvalue weighted by Crippen LogP contribution is 2.35. The van der Waals surface area contributed by atoms with Crippen molar-refractivity contribution in [3.05, 3.63) is 38.7 Å². The number of halogens is 2. The summed E-state index contributed by atoms with van der Waals surface area (Å²) in [7, 11) is 0. The molecule has 0 saturated carbocycles. The molecule has 1 fully saturated rings. The van der Waals surface area contributed by atoms with Crippen molar-refractivity contribution in [3.63, 3.8) is 0 Å². The summed E-state index contributed by atoms with van der Waals surface area (Å²) in [4.78, 5) is 14.9. The van der Waals surface area contributed by atoms with Crippen molar-refractivity contribution in [2.45, 2.75) is 19.3 Å². The first kappa shape index (κ1) is 17.5. The number of aromatic nitrogens is 1. The standard InChI is InChI=1S/C16H15BrFN5O2/c17-12-7-11-14(8-13(12)18)20-9-15(23(24)25)16(11)21-22-5-2-10(1-4-19)3-6-22/h7-10H,1-3,5-6H2,(H,20,21). The van der Waals surface area contributed by atoms with Gasteiger partial charge in [-0.3, -0.25) is 10.1 Å². The summed E-state index contributed by atoms with van der Waals surface area (Å²) in [5.74, 6) is -0.118. The zero-order valence-electron chi connectivity index (χ0n) is 13.2. The van der Waals surface area contributed by atoms with E-state index >= 15 is 0 Å². The molecule has 3 rings (SSSR count). The zero-order chi connectivity index (χ0) is 18.0. The van der Waals surface area contributed by atoms with Gasteiger partial charge in [0.2, 0.25) is 0 Å². The van der Waals surface area contributed by atoms with Crippen LogP contribution in [0.25, 0.3) is 10.9 Å².